The summed E-state index contributed by atoms with van der Waals surface area (Å²) in [6, 6.07) is 6.24. The molecule has 0 aliphatic carbocycles. The van der Waals surface area contributed by atoms with Crippen molar-refractivity contribution in [3.63, 3.8) is 0 Å². The summed E-state index contributed by atoms with van der Waals surface area (Å²) < 4.78 is 31.3. The van der Waals surface area contributed by atoms with Gasteiger partial charge in [-0.15, -0.1) is 15.7 Å². The lowest BCUT2D eigenvalue weighted by molar-refractivity contribution is -0.117. The lowest BCUT2D eigenvalue weighted by Crippen LogP contribution is -2.16. The fourth-order valence-electron chi connectivity index (χ4n) is 3.20. The Labute approximate surface area is 189 Å². The van der Waals surface area contributed by atoms with Gasteiger partial charge in [0.15, 0.2) is 9.92 Å². The fraction of sp³-hybridized carbons (Fsp3) is 0.476. The van der Waals surface area contributed by atoms with Crippen LogP contribution in [0.25, 0.3) is 0 Å². The van der Waals surface area contributed by atoms with E-state index in [1.165, 1.54) is 12.1 Å². The van der Waals surface area contributed by atoms with Gasteiger partial charge in [-0.3, -0.25) is 4.79 Å². The lowest BCUT2D eigenvalue weighted by Gasteiger charge is -2.19. The van der Waals surface area contributed by atoms with E-state index in [1.54, 1.807) is 26.0 Å². The predicted molar refractivity (Wildman–Crippen MR) is 126 cm³/mol. The topological polar surface area (TPSA) is 92.8 Å². The van der Waals surface area contributed by atoms with Gasteiger partial charge in [0.25, 0.3) is 5.91 Å². The first-order valence-electron chi connectivity index (χ1n) is 9.45. The highest BCUT2D eigenvalue weighted by molar-refractivity contribution is 7.93. The van der Waals surface area contributed by atoms with Crippen molar-refractivity contribution in [2.24, 2.45) is 9.50 Å². The van der Waals surface area contributed by atoms with Crippen LogP contribution < -0.4 is 5.14 Å². The summed E-state index contributed by atoms with van der Waals surface area (Å²) in [6.45, 7) is 10.9. The standard InChI is InChI=1S/C21H29FN2O3S2.H2S/c1-12(2)14-7-8-16(22)20(13(3)4)15(14)11-18(25)24-29(23,27)19-10-9-17(28-19)21(5,6)26;/h7-10,12-13,26H,11H2,1-6H3,(H2,23,24,25,27);1H2. The molecule has 0 aliphatic rings. The van der Waals surface area contributed by atoms with E-state index in [9.17, 15) is 18.5 Å². The molecule has 3 N–H and O–H groups in total. The van der Waals surface area contributed by atoms with Gasteiger partial charge < -0.3 is 5.11 Å². The number of carbonyl (C=O) groups excluding carboxylic acids is 1. The van der Waals surface area contributed by atoms with Crippen molar-refractivity contribution in [3.8, 4) is 0 Å². The zero-order chi connectivity index (χ0) is 22.1. The van der Waals surface area contributed by atoms with Gasteiger partial charge in [-0.05, 0) is 60.6 Å². The minimum atomic E-state index is -3.46. The van der Waals surface area contributed by atoms with Crippen LogP contribution in [0, 0.1) is 5.82 Å². The highest BCUT2D eigenvalue weighted by atomic mass is 32.2. The van der Waals surface area contributed by atoms with E-state index in [-0.39, 0.29) is 41.8 Å². The Morgan fingerprint density at radius 2 is 1.80 bits per heavy atom. The minimum absolute atomic E-state index is 0. The van der Waals surface area contributed by atoms with Gasteiger partial charge >= 0.3 is 0 Å². The van der Waals surface area contributed by atoms with Gasteiger partial charge in [0.05, 0.1) is 12.0 Å². The van der Waals surface area contributed by atoms with Gasteiger partial charge in [0.2, 0.25) is 0 Å². The Morgan fingerprint density at radius 3 is 2.27 bits per heavy atom. The molecule has 1 heterocycles. The minimum Gasteiger partial charge on any atom is -0.385 e. The van der Waals surface area contributed by atoms with Crippen molar-refractivity contribution in [1.82, 2.24) is 0 Å². The van der Waals surface area contributed by atoms with Crippen molar-refractivity contribution in [2.45, 2.75) is 69.6 Å². The Morgan fingerprint density at radius 1 is 1.20 bits per heavy atom. The molecule has 1 amide bonds. The van der Waals surface area contributed by atoms with E-state index in [0.29, 0.717) is 16.0 Å². The number of thiophene rings is 1. The molecule has 9 heteroatoms. The average molecular weight is 475 g/mol. The number of hydrogen-bond donors (Lipinski definition) is 2. The number of nitrogens with two attached hydrogens (primary N) is 1. The van der Waals surface area contributed by atoms with E-state index in [0.717, 1.165) is 16.9 Å². The second-order valence-electron chi connectivity index (χ2n) is 8.25. The Kier molecular flexibility index (Phi) is 8.84. The molecule has 1 aromatic heterocycles. The van der Waals surface area contributed by atoms with Crippen LogP contribution in [0.2, 0.25) is 0 Å². The largest absolute Gasteiger partial charge is 0.385 e. The summed E-state index contributed by atoms with van der Waals surface area (Å²) in [4.78, 5) is 13.2. The number of hydrogen-bond acceptors (Lipinski definition) is 4. The number of aliphatic hydroxyl groups is 1. The maximum atomic E-state index is 14.5. The summed E-state index contributed by atoms with van der Waals surface area (Å²) in [5.41, 5.74) is 0.816. The Hall–Kier alpha value is -1.26. The van der Waals surface area contributed by atoms with Crippen molar-refractivity contribution in [1.29, 1.82) is 0 Å². The van der Waals surface area contributed by atoms with E-state index in [1.807, 2.05) is 27.7 Å². The quantitative estimate of drug-likeness (QED) is 0.621. The number of benzene rings is 1. The molecule has 1 unspecified atom stereocenters. The van der Waals surface area contributed by atoms with Crippen LogP contribution in [0.3, 0.4) is 0 Å². The second kappa shape index (κ2) is 9.91. The molecular formula is C21H31FN2O3S3. The van der Waals surface area contributed by atoms with Gasteiger partial charge in [-0.25, -0.2) is 13.7 Å². The Balaban J connectivity index is 0.00000450. The number of amides is 1. The number of nitrogens with zero attached hydrogens (tertiary/aromatic N) is 1. The molecule has 168 valence electrons. The molecule has 5 nitrogen and oxygen atoms in total. The molecule has 0 bridgehead atoms. The van der Waals surface area contributed by atoms with Crippen LogP contribution in [0.5, 0.6) is 0 Å². The first-order valence-corrected chi connectivity index (χ1v) is 11.8. The van der Waals surface area contributed by atoms with Crippen LogP contribution in [0.1, 0.15) is 74.9 Å². The molecule has 2 aromatic rings. The van der Waals surface area contributed by atoms with Crippen molar-refractivity contribution >= 4 is 40.7 Å². The van der Waals surface area contributed by atoms with Gasteiger partial charge in [-0.1, -0.05) is 33.8 Å². The SMILES string of the molecule is CC(C)c1ccc(F)c(C(C)C)c1CC(=O)N=S(N)(=O)c1ccc(C(C)(C)O)s1.S. The van der Waals surface area contributed by atoms with Crippen molar-refractivity contribution in [3.05, 3.63) is 51.7 Å². The third kappa shape index (κ3) is 6.13. The van der Waals surface area contributed by atoms with Crippen molar-refractivity contribution < 1.29 is 18.5 Å². The third-order valence-corrected chi connectivity index (χ3v) is 7.92. The average Bonchev–Trinajstić information content (AvgIpc) is 3.04. The highest BCUT2D eigenvalue weighted by Gasteiger charge is 2.23. The first-order chi connectivity index (χ1) is 13.2. The Bertz CT molecular complexity index is 1030. The van der Waals surface area contributed by atoms with E-state index in [4.69, 9.17) is 5.14 Å². The molecule has 0 saturated heterocycles. The van der Waals surface area contributed by atoms with Gasteiger partial charge in [-0.2, -0.15) is 13.5 Å². The predicted octanol–water partition coefficient (Wildman–Crippen LogP) is 4.94. The van der Waals surface area contributed by atoms with E-state index in [2.05, 4.69) is 4.36 Å². The summed E-state index contributed by atoms with van der Waals surface area (Å²) in [6.07, 6.45) is -0.170. The zero-order valence-corrected chi connectivity index (χ0v) is 20.8. The molecule has 0 aliphatic heterocycles. The van der Waals surface area contributed by atoms with Crippen molar-refractivity contribution in [2.75, 3.05) is 0 Å². The molecule has 0 fully saturated rings. The zero-order valence-electron chi connectivity index (χ0n) is 18.2. The van der Waals surface area contributed by atoms with Crippen LogP contribution in [0.4, 0.5) is 4.39 Å². The molecule has 30 heavy (non-hydrogen) atoms. The molecule has 0 radical (unpaired) electrons. The first kappa shape index (κ1) is 26.8. The second-order valence-corrected chi connectivity index (χ2v) is 11.3. The number of carbonyl (C=O) groups is 1. The molecule has 1 aromatic carbocycles. The summed E-state index contributed by atoms with van der Waals surface area (Å²) in [5.74, 6) is -1.06. The van der Waals surface area contributed by atoms with Crippen LogP contribution >= 0.6 is 24.8 Å². The molecule has 2 rings (SSSR count). The normalized spacial score (nSPS) is 13.8. The maximum Gasteiger partial charge on any atom is 0.259 e. The molecule has 0 saturated carbocycles. The summed E-state index contributed by atoms with van der Waals surface area (Å²) in [7, 11) is -3.46. The number of halogens is 1. The van der Waals surface area contributed by atoms with Crippen LogP contribution in [0.15, 0.2) is 32.8 Å². The van der Waals surface area contributed by atoms with Crippen LogP contribution in [-0.2, 0) is 26.7 Å². The smallest absolute Gasteiger partial charge is 0.259 e. The molecule has 1 atom stereocenters. The monoisotopic (exact) mass is 474 g/mol. The van der Waals surface area contributed by atoms with Crippen LogP contribution in [-0.4, -0.2) is 15.2 Å². The maximum absolute atomic E-state index is 14.5. The van der Waals surface area contributed by atoms with Gasteiger partial charge in [0.1, 0.15) is 10.0 Å². The molecular weight excluding hydrogens is 443 g/mol. The van der Waals surface area contributed by atoms with E-state index < -0.39 is 21.4 Å². The lowest BCUT2D eigenvalue weighted by atomic mass is 9.86. The number of rotatable bonds is 6. The highest BCUT2D eigenvalue weighted by Crippen LogP contribution is 2.32. The third-order valence-electron chi connectivity index (χ3n) is 4.58. The molecule has 0 spiro atoms. The summed E-state index contributed by atoms with van der Waals surface area (Å²) in [5, 5.41) is 15.9. The summed E-state index contributed by atoms with van der Waals surface area (Å²) >= 11 is 1.06. The fourth-order valence-corrected chi connectivity index (χ4v) is 5.52. The van der Waals surface area contributed by atoms with E-state index >= 15 is 0 Å². The van der Waals surface area contributed by atoms with Gasteiger partial charge in [0, 0.05) is 4.88 Å².